The van der Waals surface area contributed by atoms with Crippen LogP contribution in [0.15, 0.2) is 54.6 Å². The highest BCUT2D eigenvalue weighted by atomic mass is 16.6. The first-order chi connectivity index (χ1) is 11.1. The van der Waals surface area contributed by atoms with E-state index in [0.717, 1.165) is 30.4 Å². The van der Waals surface area contributed by atoms with Crippen molar-refractivity contribution in [1.82, 2.24) is 0 Å². The van der Waals surface area contributed by atoms with Crippen LogP contribution >= 0.6 is 0 Å². The Hall–Kier alpha value is -2.67. The van der Waals surface area contributed by atoms with E-state index in [1.165, 1.54) is 12.1 Å². The number of benzene rings is 2. The highest BCUT2D eigenvalue weighted by Crippen LogP contribution is 2.37. The molecule has 0 heterocycles. The Labute approximate surface area is 136 Å². The van der Waals surface area contributed by atoms with Crippen LogP contribution in [0.25, 0.3) is 0 Å². The van der Waals surface area contributed by atoms with Crippen molar-refractivity contribution in [3.05, 3.63) is 75.8 Å². The first-order valence-electron chi connectivity index (χ1n) is 7.86. The molecule has 118 valence electrons. The van der Waals surface area contributed by atoms with Crippen LogP contribution in [0.5, 0.6) is 0 Å². The van der Waals surface area contributed by atoms with E-state index in [1.54, 1.807) is 12.1 Å². The summed E-state index contributed by atoms with van der Waals surface area (Å²) >= 11 is 0. The number of hydrogen-bond acceptors (Lipinski definition) is 3. The first-order valence-corrected chi connectivity index (χ1v) is 7.86. The van der Waals surface area contributed by atoms with Crippen LogP contribution in [0.1, 0.15) is 43.7 Å². The third-order valence-electron chi connectivity index (χ3n) is 4.18. The normalized spacial score (nSPS) is 13.0. The predicted octanol–water partition coefficient (Wildman–Crippen LogP) is 4.98. The molecular weight excluding hydrogens is 288 g/mol. The summed E-state index contributed by atoms with van der Waals surface area (Å²) in [6.45, 7) is 2.13. The maximum atomic E-state index is 10.9. The molecule has 1 atom stereocenters. The standard InChI is InChI=1S/C19H20N2O2/c1-2-3-7-14-19(15-20,16-8-5-4-6-9-16)17-10-12-18(13-11-17)21(22)23/h4-6,8-13H,2-3,7,14H2,1H3. The van der Waals surface area contributed by atoms with Crippen molar-refractivity contribution in [1.29, 1.82) is 5.26 Å². The average Bonchev–Trinajstić information content (AvgIpc) is 2.60. The summed E-state index contributed by atoms with van der Waals surface area (Å²) in [5.74, 6) is 0. The van der Waals surface area contributed by atoms with Gasteiger partial charge < -0.3 is 0 Å². The van der Waals surface area contributed by atoms with Gasteiger partial charge >= 0.3 is 0 Å². The van der Waals surface area contributed by atoms with Gasteiger partial charge in [-0.05, 0) is 17.5 Å². The van der Waals surface area contributed by atoms with E-state index >= 15 is 0 Å². The zero-order chi connectivity index (χ0) is 16.7. The van der Waals surface area contributed by atoms with E-state index in [4.69, 9.17) is 0 Å². The quantitative estimate of drug-likeness (QED) is 0.411. The second-order valence-corrected chi connectivity index (χ2v) is 5.64. The molecule has 0 amide bonds. The van der Waals surface area contributed by atoms with Gasteiger partial charge in [-0.2, -0.15) is 5.26 Å². The van der Waals surface area contributed by atoms with Crippen molar-refractivity contribution in [2.75, 3.05) is 0 Å². The van der Waals surface area contributed by atoms with Crippen molar-refractivity contribution < 1.29 is 4.92 Å². The molecule has 4 heteroatoms. The predicted molar refractivity (Wildman–Crippen MR) is 90.1 cm³/mol. The summed E-state index contributed by atoms with van der Waals surface area (Å²) in [6, 6.07) is 18.5. The molecule has 0 bridgehead atoms. The Bertz CT molecular complexity index is 690. The fraction of sp³-hybridized carbons (Fsp3) is 0.316. The smallest absolute Gasteiger partial charge is 0.258 e. The van der Waals surface area contributed by atoms with Gasteiger partial charge in [0.1, 0.15) is 5.41 Å². The van der Waals surface area contributed by atoms with E-state index in [1.807, 2.05) is 30.3 Å². The summed E-state index contributed by atoms with van der Waals surface area (Å²) in [7, 11) is 0. The zero-order valence-corrected chi connectivity index (χ0v) is 13.2. The van der Waals surface area contributed by atoms with Crippen molar-refractivity contribution in [2.24, 2.45) is 0 Å². The SMILES string of the molecule is CCCCCC(C#N)(c1ccccc1)c1ccc([N+](=O)[O-])cc1. The van der Waals surface area contributed by atoms with Gasteiger partial charge in [0.15, 0.2) is 0 Å². The van der Waals surface area contributed by atoms with Gasteiger partial charge in [0.25, 0.3) is 5.69 Å². The Morgan fingerprint density at radius 2 is 1.65 bits per heavy atom. The lowest BCUT2D eigenvalue weighted by Gasteiger charge is -2.28. The number of nitro benzene ring substituents is 1. The molecule has 0 aromatic heterocycles. The number of nitrogens with zero attached hydrogens (tertiary/aromatic N) is 2. The van der Waals surface area contributed by atoms with Crippen LogP contribution in [0, 0.1) is 21.4 Å². The summed E-state index contributed by atoms with van der Waals surface area (Å²) in [5, 5.41) is 20.8. The Balaban J connectivity index is 2.47. The molecule has 0 N–H and O–H groups in total. The fourth-order valence-electron chi connectivity index (χ4n) is 2.87. The van der Waals surface area contributed by atoms with Crippen molar-refractivity contribution >= 4 is 5.69 Å². The van der Waals surface area contributed by atoms with E-state index in [0.29, 0.717) is 6.42 Å². The lowest BCUT2D eigenvalue weighted by atomic mass is 9.72. The van der Waals surface area contributed by atoms with Gasteiger partial charge in [-0.25, -0.2) is 0 Å². The Kier molecular flexibility index (Phi) is 5.48. The topological polar surface area (TPSA) is 66.9 Å². The molecule has 2 rings (SSSR count). The molecule has 1 unspecified atom stereocenters. The molecule has 0 fully saturated rings. The minimum atomic E-state index is -0.758. The van der Waals surface area contributed by atoms with Crippen LogP contribution < -0.4 is 0 Å². The van der Waals surface area contributed by atoms with Crippen molar-refractivity contribution in [3.8, 4) is 6.07 Å². The van der Waals surface area contributed by atoms with Crippen LogP contribution in [0.2, 0.25) is 0 Å². The lowest BCUT2D eigenvalue weighted by Crippen LogP contribution is -2.25. The highest BCUT2D eigenvalue weighted by molar-refractivity contribution is 5.48. The second-order valence-electron chi connectivity index (χ2n) is 5.64. The highest BCUT2D eigenvalue weighted by Gasteiger charge is 2.34. The molecule has 0 radical (unpaired) electrons. The van der Waals surface area contributed by atoms with E-state index in [9.17, 15) is 15.4 Å². The van der Waals surface area contributed by atoms with E-state index < -0.39 is 10.3 Å². The van der Waals surface area contributed by atoms with Crippen LogP contribution in [-0.2, 0) is 5.41 Å². The maximum absolute atomic E-state index is 10.9. The molecule has 0 spiro atoms. The largest absolute Gasteiger partial charge is 0.269 e. The third kappa shape index (κ3) is 3.57. The van der Waals surface area contributed by atoms with Crippen LogP contribution in [0.4, 0.5) is 5.69 Å². The number of nitriles is 1. The molecule has 0 aliphatic carbocycles. The van der Waals surface area contributed by atoms with Gasteiger partial charge in [-0.15, -0.1) is 0 Å². The second kappa shape index (κ2) is 7.55. The third-order valence-corrected chi connectivity index (χ3v) is 4.18. The minimum Gasteiger partial charge on any atom is -0.258 e. The summed E-state index contributed by atoms with van der Waals surface area (Å²) < 4.78 is 0. The van der Waals surface area contributed by atoms with Crippen molar-refractivity contribution in [3.63, 3.8) is 0 Å². The van der Waals surface area contributed by atoms with Gasteiger partial charge in [-0.1, -0.05) is 68.7 Å². The monoisotopic (exact) mass is 308 g/mol. The molecule has 0 saturated carbocycles. The van der Waals surface area contributed by atoms with Crippen LogP contribution in [-0.4, -0.2) is 4.92 Å². The van der Waals surface area contributed by atoms with Gasteiger partial charge in [0.2, 0.25) is 0 Å². The molecule has 0 aliphatic rings. The fourth-order valence-corrected chi connectivity index (χ4v) is 2.87. The molecular formula is C19H20N2O2. The molecule has 0 saturated heterocycles. The molecule has 4 nitrogen and oxygen atoms in total. The number of non-ortho nitro benzene ring substituents is 1. The molecule has 23 heavy (non-hydrogen) atoms. The van der Waals surface area contributed by atoms with Gasteiger partial charge in [-0.3, -0.25) is 10.1 Å². The van der Waals surface area contributed by atoms with Crippen LogP contribution in [0.3, 0.4) is 0 Å². The van der Waals surface area contributed by atoms with Gasteiger partial charge in [0, 0.05) is 12.1 Å². The first kappa shape index (κ1) is 16.7. The maximum Gasteiger partial charge on any atom is 0.269 e. The zero-order valence-electron chi connectivity index (χ0n) is 13.2. The Morgan fingerprint density at radius 1 is 1.04 bits per heavy atom. The van der Waals surface area contributed by atoms with Crippen molar-refractivity contribution in [2.45, 2.75) is 38.0 Å². The summed E-state index contributed by atoms with van der Waals surface area (Å²) in [4.78, 5) is 10.4. The number of nitro groups is 1. The van der Waals surface area contributed by atoms with Gasteiger partial charge in [0.05, 0.1) is 11.0 Å². The molecule has 2 aromatic rings. The minimum absolute atomic E-state index is 0.0437. The number of rotatable bonds is 7. The Morgan fingerprint density at radius 3 is 2.17 bits per heavy atom. The van der Waals surface area contributed by atoms with E-state index in [-0.39, 0.29) is 5.69 Å². The molecule has 0 aliphatic heterocycles. The van der Waals surface area contributed by atoms with E-state index in [2.05, 4.69) is 13.0 Å². The number of hydrogen-bond donors (Lipinski definition) is 0. The average molecular weight is 308 g/mol. The summed E-state index contributed by atoms with van der Waals surface area (Å²) in [5.41, 5.74) is 1.04. The lowest BCUT2D eigenvalue weighted by molar-refractivity contribution is -0.384. The number of unbranched alkanes of at least 4 members (excludes halogenated alkanes) is 2. The molecule has 2 aromatic carbocycles. The summed E-state index contributed by atoms with van der Waals surface area (Å²) in [6.07, 6.45) is 3.79.